The Morgan fingerprint density at radius 1 is 1.53 bits per heavy atom. The van der Waals surface area contributed by atoms with Gasteiger partial charge in [-0.1, -0.05) is 0 Å². The summed E-state index contributed by atoms with van der Waals surface area (Å²) in [4.78, 5) is 11.0. The van der Waals surface area contributed by atoms with Crippen LogP contribution in [-0.2, 0) is 4.79 Å². The van der Waals surface area contributed by atoms with Crippen LogP contribution >= 0.6 is 0 Å². The Kier molecular flexibility index (Phi) is 2.87. The van der Waals surface area contributed by atoms with Crippen LogP contribution in [0.4, 0.5) is 8.78 Å². The van der Waals surface area contributed by atoms with Crippen LogP contribution in [-0.4, -0.2) is 24.7 Å². The van der Waals surface area contributed by atoms with E-state index < -0.39 is 29.1 Å². The van der Waals surface area contributed by atoms with Gasteiger partial charge in [0.15, 0.2) is 23.1 Å². The molecule has 1 saturated heterocycles. The van der Waals surface area contributed by atoms with E-state index in [9.17, 15) is 18.7 Å². The molecule has 2 rings (SSSR count). The molecule has 0 saturated carbocycles. The molecule has 1 aliphatic heterocycles. The van der Waals surface area contributed by atoms with Gasteiger partial charge in [-0.05, 0) is 6.07 Å². The van der Waals surface area contributed by atoms with Gasteiger partial charge in [-0.2, -0.15) is 0 Å². The van der Waals surface area contributed by atoms with Crippen LogP contribution < -0.4 is 10.1 Å². The SMILES string of the molecule is COc1c(F)cc([C@H]2CNC(=O)C2)c(F)c1O. The summed E-state index contributed by atoms with van der Waals surface area (Å²) in [5, 5.41) is 12.0. The van der Waals surface area contributed by atoms with Gasteiger partial charge in [0.1, 0.15) is 0 Å². The number of benzene rings is 1. The van der Waals surface area contributed by atoms with Crippen molar-refractivity contribution in [3.8, 4) is 11.5 Å². The molecule has 4 nitrogen and oxygen atoms in total. The maximum absolute atomic E-state index is 13.8. The molecular weight excluding hydrogens is 232 g/mol. The highest BCUT2D eigenvalue weighted by Gasteiger charge is 2.29. The number of methoxy groups -OCH3 is 1. The van der Waals surface area contributed by atoms with Crippen molar-refractivity contribution in [3.05, 3.63) is 23.3 Å². The van der Waals surface area contributed by atoms with Gasteiger partial charge in [0.25, 0.3) is 0 Å². The number of carbonyl (C=O) groups excluding carboxylic acids is 1. The van der Waals surface area contributed by atoms with Gasteiger partial charge >= 0.3 is 0 Å². The summed E-state index contributed by atoms with van der Waals surface area (Å²) in [7, 11) is 1.14. The number of ether oxygens (including phenoxy) is 1. The van der Waals surface area contributed by atoms with E-state index in [0.29, 0.717) is 0 Å². The highest BCUT2D eigenvalue weighted by molar-refractivity contribution is 5.79. The minimum Gasteiger partial charge on any atom is -0.502 e. The molecule has 17 heavy (non-hydrogen) atoms. The third-order valence-corrected chi connectivity index (χ3v) is 2.80. The first-order valence-electron chi connectivity index (χ1n) is 5.06. The Balaban J connectivity index is 2.45. The molecule has 92 valence electrons. The van der Waals surface area contributed by atoms with Crippen LogP contribution in [0.15, 0.2) is 6.07 Å². The average molecular weight is 243 g/mol. The molecule has 0 bridgehead atoms. The molecule has 2 N–H and O–H groups in total. The van der Waals surface area contributed by atoms with Crippen molar-refractivity contribution in [1.82, 2.24) is 5.32 Å². The lowest BCUT2D eigenvalue weighted by Gasteiger charge is -2.13. The predicted molar refractivity (Wildman–Crippen MR) is 54.9 cm³/mol. The molecule has 0 aliphatic carbocycles. The first-order valence-corrected chi connectivity index (χ1v) is 5.06. The Morgan fingerprint density at radius 3 is 2.76 bits per heavy atom. The lowest BCUT2D eigenvalue weighted by atomic mass is 9.97. The Labute approximate surface area is 96.2 Å². The molecule has 1 aromatic carbocycles. The number of rotatable bonds is 2. The van der Waals surface area contributed by atoms with E-state index in [1.807, 2.05) is 0 Å². The highest BCUT2D eigenvalue weighted by Crippen LogP contribution is 2.38. The van der Waals surface area contributed by atoms with Gasteiger partial charge in [-0.15, -0.1) is 0 Å². The first kappa shape index (κ1) is 11.6. The topological polar surface area (TPSA) is 58.6 Å². The minimum absolute atomic E-state index is 0.0147. The molecule has 1 atom stereocenters. The number of phenols is 1. The molecule has 0 unspecified atom stereocenters. The fourth-order valence-corrected chi connectivity index (χ4v) is 1.93. The van der Waals surface area contributed by atoms with Gasteiger partial charge < -0.3 is 15.2 Å². The molecule has 0 spiro atoms. The largest absolute Gasteiger partial charge is 0.502 e. The van der Waals surface area contributed by atoms with Gasteiger partial charge in [0, 0.05) is 24.4 Å². The molecule has 0 radical (unpaired) electrons. The Bertz CT molecular complexity index is 476. The Hall–Kier alpha value is -1.85. The van der Waals surface area contributed by atoms with Gasteiger partial charge in [-0.25, -0.2) is 8.78 Å². The summed E-state index contributed by atoms with van der Waals surface area (Å²) in [6.07, 6.45) is 0.0854. The van der Waals surface area contributed by atoms with E-state index in [-0.39, 0.29) is 24.4 Å². The molecule has 6 heteroatoms. The van der Waals surface area contributed by atoms with Crippen LogP contribution in [0.3, 0.4) is 0 Å². The fourth-order valence-electron chi connectivity index (χ4n) is 1.93. The summed E-state index contributed by atoms with van der Waals surface area (Å²) in [6, 6.07) is 0.957. The normalized spacial score (nSPS) is 19.2. The summed E-state index contributed by atoms with van der Waals surface area (Å²) in [5.41, 5.74) is -0.0147. The van der Waals surface area contributed by atoms with Crippen molar-refractivity contribution in [2.45, 2.75) is 12.3 Å². The summed E-state index contributed by atoms with van der Waals surface area (Å²) in [6.45, 7) is 0.237. The van der Waals surface area contributed by atoms with Gasteiger partial charge in [-0.3, -0.25) is 4.79 Å². The molecule has 1 heterocycles. The standard InChI is InChI=1S/C11H11F2NO3/c1-17-11-7(12)3-6(9(13)10(11)16)5-2-8(15)14-4-5/h3,5,16H,2,4H2,1H3,(H,14,15)/t5-/m1/s1. The van der Waals surface area contributed by atoms with Gasteiger partial charge in [0.2, 0.25) is 5.91 Å². The van der Waals surface area contributed by atoms with E-state index in [1.165, 1.54) is 0 Å². The number of amides is 1. The van der Waals surface area contributed by atoms with Crippen molar-refractivity contribution >= 4 is 5.91 Å². The van der Waals surface area contributed by atoms with Crippen LogP contribution in [0.25, 0.3) is 0 Å². The summed E-state index contributed by atoms with van der Waals surface area (Å²) >= 11 is 0. The van der Waals surface area contributed by atoms with Crippen molar-refractivity contribution < 1.29 is 23.4 Å². The molecular formula is C11H11F2NO3. The quantitative estimate of drug-likeness (QED) is 0.822. The maximum atomic E-state index is 13.8. The second kappa shape index (κ2) is 4.20. The Morgan fingerprint density at radius 2 is 2.24 bits per heavy atom. The lowest BCUT2D eigenvalue weighted by molar-refractivity contribution is -0.119. The van der Waals surface area contributed by atoms with Crippen molar-refractivity contribution in [1.29, 1.82) is 0 Å². The zero-order valence-corrected chi connectivity index (χ0v) is 9.09. The van der Waals surface area contributed by atoms with E-state index >= 15 is 0 Å². The van der Waals surface area contributed by atoms with E-state index in [4.69, 9.17) is 0 Å². The molecule has 0 aromatic heterocycles. The number of halogens is 2. The maximum Gasteiger partial charge on any atom is 0.220 e. The molecule has 1 aromatic rings. The number of hydrogen-bond donors (Lipinski definition) is 2. The number of hydrogen-bond acceptors (Lipinski definition) is 3. The van der Waals surface area contributed by atoms with Crippen LogP contribution in [0.1, 0.15) is 17.9 Å². The van der Waals surface area contributed by atoms with E-state index in [1.54, 1.807) is 0 Å². The van der Waals surface area contributed by atoms with Crippen molar-refractivity contribution in [2.75, 3.05) is 13.7 Å². The highest BCUT2D eigenvalue weighted by atomic mass is 19.1. The third-order valence-electron chi connectivity index (χ3n) is 2.80. The van der Waals surface area contributed by atoms with Gasteiger partial charge in [0.05, 0.1) is 7.11 Å². The number of aromatic hydroxyl groups is 1. The molecule has 1 fully saturated rings. The molecule has 1 aliphatic rings. The van der Waals surface area contributed by atoms with Crippen molar-refractivity contribution in [3.63, 3.8) is 0 Å². The lowest BCUT2D eigenvalue weighted by Crippen LogP contribution is -2.13. The second-order valence-corrected chi connectivity index (χ2v) is 3.85. The predicted octanol–water partition coefficient (Wildman–Crippen LogP) is 1.28. The molecule has 1 amide bonds. The van der Waals surface area contributed by atoms with E-state index in [0.717, 1.165) is 13.2 Å². The minimum atomic E-state index is -0.940. The number of nitrogens with one attached hydrogen (secondary N) is 1. The average Bonchev–Trinajstić information content (AvgIpc) is 2.71. The fraction of sp³-hybridized carbons (Fsp3) is 0.364. The van der Waals surface area contributed by atoms with E-state index in [2.05, 4.69) is 10.1 Å². The summed E-state index contributed by atoms with van der Waals surface area (Å²) < 4.78 is 31.8. The second-order valence-electron chi connectivity index (χ2n) is 3.85. The number of carbonyl (C=O) groups is 1. The summed E-state index contributed by atoms with van der Waals surface area (Å²) in [5.74, 6) is -3.85. The third kappa shape index (κ3) is 1.90. The monoisotopic (exact) mass is 243 g/mol. The zero-order valence-electron chi connectivity index (χ0n) is 9.09. The zero-order chi connectivity index (χ0) is 12.6. The first-order chi connectivity index (χ1) is 8.04. The van der Waals surface area contributed by atoms with Crippen LogP contribution in [0.2, 0.25) is 0 Å². The van der Waals surface area contributed by atoms with Crippen LogP contribution in [0.5, 0.6) is 11.5 Å². The van der Waals surface area contributed by atoms with Crippen molar-refractivity contribution in [2.24, 2.45) is 0 Å². The van der Waals surface area contributed by atoms with Crippen LogP contribution in [0, 0.1) is 11.6 Å². The smallest absolute Gasteiger partial charge is 0.220 e. The number of phenolic OH excluding ortho intramolecular Hbond substituents is 1.